The van der Waals surface area contributed by atoms with E-state index < -0.39 is 0 Å². The Morgan fingerprint density at radius 3 is 2.61 bits per heavy atom. The minimum atomic E-state index is 0.00432. The van der Waals surface area contributed by atoms with Gasteiger partial charge >= 0.3 is 0 Å². The standard InChI is InChI=1S/C14H21N3O/c1-9-7-12(11-3-5-16-6-4-11)8-13(15)14(9)17-10(2)18/h3-6,9,12-14H,7-8,15H2,1-2H3,(H,17,18)/t9-,12+,13+,14-/m0/s1. The molecule has 98 valence electrons. The molecule has 1 aliphatic carbocycles. The highest BCUT2D eigenvalue weighted by Crippen LogP contribution is 2.35. The van der Waals surface area contributed by atoms with E-state index in [9.17, 15) is 4.79 Å². The molecule has 1 aliphatic rings. The molecule has 1 amide bonds. The predicted molar refractivity (Wildman–Crippen MR) is 71.0 cm³/mol. The van der Waals surface area contributed by atoms with Gasteiger partial charge in [-0.2, -0.15) is 0 Å². The summed E-state index contributed by atoms with van der Waals surface area (Å²) in [6.45, 7) is 3.71. The third-order valence-electron chi connectivity index (χ3n) is 3.83. The van der Waals surface area contributed by atoms with Gasteiger partial charge in [-0.1, -0.05) is 6.92 Å². The van der Waals surface area contributed by atoms with Gasteiger partial charge in [0.05, 0.1) is 0 Å². The molecule has 2 rings (SSSR count). The Labute approximate surface area is 108 Å². The number of carbonyl (C=O) groups excluding carboxylic acids is 1. The smallest absolute Gasteiger partial charge is 0.217 e. The minimum absolute atomic E-state index is 0.00432. The third-order valence-corrected chi connectivity index (χ3v) is 3.83. The van der Waals surface area contributed by atoms with Crippen LogP contribution in [0.2, 0.25) is 0 Å². The molecule has 1 fully saturated rings. The van der Waals surface area contributed by atoms with Crippen LogP contribution in [0.4, 0.5) is 0 Å². The van der Waals surface area contributed by atoms with Crippen molar-refractivity contribution in [3.63, 3.8) is 0 Å². The van der Waals surface area contributed by atoms with Crippen molar-refractivity contribution in [2.24, 2.45) is 11.7 Å². The number of pyridine rings is 1. The summed E-state index contributed by atoms with van der Waals surface area (Å²) in [4.78, 5) is 15.2. The number of amides is 1. The van der Waals surface area contributed by atoms with Crippen LogP contribution in [0.3, 0.4) is 0 Å². The molecule has 18 heavy (non-hydrogen) atoms. The van der Waals surface area contributed by atoms with Crippen LogP contribution in [0, 0.1) is 5.92 Å². The van der Waals surface area contributed by atoms with E-state index >= 15 is 0 Å². The first-order valence-electron chi connectivity index (χ1n) is 6.50. The zero-order valence-electron chi connectivity index (χ0n) is 11.0. The Balaban J connectivity index is 2.07. The van der Waals surface area contributed by atoms with Crippen molar-refractivity contribution in [3.05, 3.63) is 30.1 Å². The Hall–Kier alpha value is -1.42. The van der Waals surface area contributed by atoms with Gasteiger partial charge in [0, 0.05) is 31.4 Å². The number of aromatic nitrogens is 1. The van der Waals surface area contributed by atoms with Gasteiger partial charge in [0.2, 0.25) is 5.91 Å². The summed E-state index contributed by atoms with van der Waals surface area (Å²) in [5.74, 6) is 0.878. The number of nitrogens with zero attached hydrogens (tertiary/aromatic N) is 1. The van der Waals surface area contributed by atoms with Crippen molar-refractivity contribution in [1.82, 2.24) is 10.3 Å². The fourth-order valence-corrected chi connectivity index (χ4v) is 2.98. The molecule has 1 aromatic heterocycles. The second-order valence-electron chi connectivity index (χ2n) is 5.32. The normalized spacial score (nSPS) is 31.9. The first kappa shape index (κ1) is 13.0. The third kappa shape index (κ3) is 2.88. The van der Waals surface area contributed by atoms with Crippen molar-refractivity contribution >= 4 is 5.91 Å². The van der Waals surface area contributed by atoms with Gasteiger partial charge in [-0.05, 0) is 42.4 Å². The van der Waals surface area contributed by atoms with Crippen LogP contribution in [0.25, 0.3) is 0 Å². The zero-order chi connectivity index (χ0) is 13.1. The van der Waals surface area contributed by atoms with Crippen LogP contribution >= 0.6 is 0 Å². The summed E-state index contributed by atoms with van der Waals surface area (Å²) in [6.07, 6.45) is 5.62. The number of hydrogen-bond acceptors (Lipinski definition) is 3. The maximum absolute atomic E-state index is 11.2. The molecule has 1 aromatic rings. The number of nitrogens with two attached hydrogens (primary N) is 1. The van der Waals surface area contributed by atoms with Crippen LogP contribution in [0.1, 0.15) is 38.2 Å². The molecule has 4 atom stereocenters. The van der Waals surface area contributed by atoms with Crippen LogP contribution in [0.5, 0.6) is 0 Å². The fourth-order valence-electron chi connectivity index (χ4n) is 2.98. The highest BCUT2D eigenvalue weighted by Gasteiger charge is 2.34. The van der Waals surface area contributed by atoms with E-state index in [2.05, 4.69) is 29.4 Å². The molecule has 3 N–H and O–H groups in total. The molecule has 0 radical (unpaired) electrons. The van der Waals surface area contributed by atoms with Crippen molar-refractivity contribution in [3.8, 4) is 0 Å². The summed E-state index contributed by atoms with van der Waals surface area (Å²) in [5.41, 5.74) is 7.51. The quantitative estimate of drug-likeness (QED) is 0.830. The number of nitrogens with one attached hydrogen (secondary N) is 1. The van der Waals surface area contributed by atoms with Crippen molar-refractivity contribution in [1.29, 1.82) is 0 Å². The molecule has 1 heterocycles. The molecular weight excluding hydrogens is 226 g/mol. The lowest BCUT2D eigenvalue weighted by Crippen LogP contribution is -2.54. The van der Waals surface area contributed by atoms with Gasteiger partial charge in [0.25, 0.3) is 0 Å². The molecule has 0 bridgehead atoms. The largest absolute Gasteiger partial charge is 0.352 e. The Morgan fingerprint density at radius 1 is 1.39 bits per heavy atom. The van der Waals surface area contributed by atoms with E-state index in [0.29, 0.717) is 11.8 Å². The molecule has 0 saturated heterocycles. The lowest BCUT2D eigenvalue weighted by molar-refractivity contribution is -0.120. The Kier molecular flexibility index (Phi) is 3.97. The topological polar surface area (TPSA) is 68.0 Å². The SMILES string of the molecule is CC(=O)N[C@@H]1[C@H](N)C[C@H](c2ccncc2)C[C@@H]1C. The lowest BCUT2D eigenvalue weighted by Gasteiger charge is -2.39. The van der Waals surface area contributed by atoms with Gasteiger partial charge in [-0.15, -0.1) is 0 Å². The summed E-state index contributed by atoms with van der Waals surface area (Å²) >= 11 is 0. The average molecular weight is 247 g/mol. The fraction of sp³-hybridized carbons (Fsp3) is 0.571. The van der Waals surface area contributed by atoms with E-state index in [1.807, 2.05) is 12.4 Å². The molecule has 0 aliphatic heterocycles. The molecule has 1 saturated carbocycles. The van der Waals surface area contributed by atoms with Crippen LogP contribution in [-0.4, -0.2) is 23.0 Å². The van der Waals surface area contributed by atoms with Crippen LogP contribution in [-0.2, 0) is 4.79 Å². The monoisotopic (exact) mass is 247 g/mol. The van der Waals surface area contributed by atoms with Gasteiger partial charge in [-0.25, -0.2) is 0 Å². The van der Waals surface area contributed by atoms with Crippen molar-refractivity contribution < 1.29 is 4.79 Å². The van der Waals surface area contributed by atoms with Gasteiger partial charge in [0.15, 0.2) is 0 Å². The van der Waals surface area contributed by atoms with E-state index in [0.717, 1.165) is 12.8 Å². The minimum Gasteiger partial charge on any atom is -0.352 e. The summed E-state index contributed by atoms with van der Waals surface area (Å²) in [5, 5.41) is 2.98. The van der Waals surface area contributed by atoms with Crippen LogP contribution in [0.15, 0.2) is 24.5 Å². The van der Waals surface area contributed by atoms with E-state index in [-0.39, 0.29) is 18.0 Å². The first-order valence-corrected chi connectivity index (χ1v) is 6.50. The molecule has 0 spiro atoms. The predicted octanol–water partition coefficient (Wildman–Crippen LogP) is 1.43. The second kappa shape index (κ2) is 5.48. The summed E-state index contributed by atoms with van der Waals surface area (Å²) in [6, 6.07) is 4.24. The van der Waals surface area contributed by atoms with Gasteiger partial charge in [-0.3, -0.25) is 9.78 Å². The Morgan fingerprint density at radius 2 is 2.06 bits per heavy atom. The molecule has 0 aromatic carbocycles. The summed E-state index contributed by atoms with van der Waals surface area (Å²) in [7, 11) is 0. The van der Waals surface area contributed by atoms with E-state index in [1.165, 1.54) is 5.56 Å². The second-order valence-corrected chi connectivity index (χ2v) is 5.32. The lowest BCUT2D eigenvalue weighted by atomic mass is 9.73. The first-order chi connectivity index (χ1) is 8.58. The zero-order valence-corrected chi connectivity index (χ0v) is 11.0. The van der Waals surface area contributed by atoms with Crippen molar-refractivity contribution in [2.75, 3.05) is 0 Å². The number of hydrogen-bond donors (Lipinski definition) is 2. The number of rotatable bonds is 2. The maximum Gasteiger partial charge on any atom is 0.217 e. The molecular formula is C14H21N3O. The molecule has 4 heteroatoms. The van der Waals surface area contributed by atoms with Gasteiger partial charge in [0.1, 0.15) is 0 Å². The number of carbonyl (C=O) groups is 1. The van der Waals surface area contributed by atoms with E-state index in [1.54, 1.807) is 6.92 Å². The molecule has 0 unspecified atom stereocenters. The highest BCUT2D eigenvalue weighted by atomic mass is 16.1. The van der Waals surface area contributed by atoms with Crippen LogP contribution < -0.4 is 11.1 Å². The van der Waals surface area contributed by atoms with Crippen molar-refractivity contribution in [2.45, 2.75) is 44.7 Å². The van der Waals surface area contributed by atoms with Gasteiger partial charge < -0.3 is 11.1 Å². The molecule has 4 nitrogen and oxygen atoms in total. The maximum atomic E-state index is 11.2. The summed E-state index contributed by atoms with van der Waals surface area (Å²) < 4.78 is 0. The average Bonchev–Trinajstić information content (AvgIpc) is 2.34. The highest BCUT2D eigenvalue weighted by molar-refractivity contribution is 5.73. The van der Waals surface area contributed by atoms with E-state index in [4.69, 9.17) is 5.73 Å². The Bertz CT molecular complexity index is 395.